The van der Waals surface area contributed by atoms with E-state index in [-0.39, 0.29) is 23.8 Å². The third-order valence-electron chi connectivity index (χ3n) is 7.96. The van der Waals surface area contributed by atoms with Gasteiger partial charge in [-0.05, 0) is 36.2 Å². The maximum absolute atomic E-state index is 13.6. The molecular weight excluding hydrogens is 606 g/mol. The number of rotatable bonds is 8. The van der Waals surface area contributed by atoms with Crippen LogP contribution in [0.25, 0.3) is 21.1 Å². The van der Waals surface area contributed by atoms with Gasteiger partial charge in [0.05, 0.1) is 24.5 Å². The molecule has 1 aromatic carbocycles. The second-order valence-electron chi connectivity index (χ2n) is 11.1. The molecule has 2 atom stereocenters. The van der Waals surface area contributed by atoms with Crippen LogP contribution >= 0.6 is 11.3 Å². The Morgan fingerprint density at radius 3 is 2.59 bits per heavy atom. The van der Waals surface area contributed by atoms with E-state index < -0.39 is 37.2 Å². The number of aromatic nitrogens is 5. The summed E-state index contributed by atoms with van der Waals surface area (Å²) >= 11 is 0.889. The van der Waals surface area contributed by atoms with E-state index in [9.17, 15) is 31.6 Å². The quantitative estimate of drug-likeness (QED) is 0.188. The number of nitriles is 1. The van der Waals surface area contributed by atoms with Crippen molar-refractivity contribution in [3.8, 4) is 6.07 Å². The van der Waals surface area contributed by atoms with Crippen LogP contribution in [0, 0.1) is 24.2 Å². The van der Waals surface area contributed by atoms with Gasteiger partial charge in [-0.25, -0.2) is 9.97 Å². The van der Waals surface area contributed by atoms with Crippen LogP contribution in [-0.4, -0.2) is 61.1 Å². The highest BCUT2D eigenvalue weighted by Gasteiger charge is 2.41. The lowest BCUT2D eigenvalue weighted by molar-refractivity contribution is -0.144. The minimum atomic E-state index is -4.40. The van der Waals surface area contributed by atoms with Crippen LogP contribution < -0.4 is 5.32 Å². The third-order valence-corrected chi connectivity index (χ3v) is 9.00. The van der Waals surface area contributed by atoms with E-state index in [1.54, 1.807) is 12.4 Å². The highest BCUT2D eigenvalue weighted by Crippen LogP contribution is 2.37. The van der Waals surface area contributed by atoms with Gasteiger partial charge in [0.2, 0.25) is 0 Å². The molecule has 2 N–H and O–H groups in total. The van der Waals surface area contributed by atoms with Crippen LogP contribution in [0.15, 0.2) is 43.0 Å². The number of nitrogens with one attached hydrogen (secondary N) is 2. The number of benzene rings is 1. The normalized spacial score (nSPS) is 18.0. The van der Waals surface area contributed by atoms with Crippen molar-refractivity contribution in [2.45, 2.75) is 51.2 Å². The van der Waals surface area contributed by atoms with Crippen molar-refractivity contribution >= 4 is 38.3 Å². The van der Waals surface area contributed by atoms with E-state index in [0.29, 0.717) is 29.0 Å². The summed E-state index contributed by atoms with van der Waals surface area (Å²) in [5, 5.41) is 20.9. The molecular formula is C29H26F6N8S. The van der Waals surface area contributed by atoms with Crippen molar-refractivity contribution in [2.24, 2.45) is 5.92 Å². The second kappa shape index (κ2) is 11.4. The van der Waals surface area contributed by atoms with Gasteiger partial charge in [-0.2, -0.15) is 36.7 Å². The zero-order valence-corrected chi connectivity index (χ0v) is 24.1. The number of likely N-dealkylation sites (tertiary alicyclic amines) is 1. The van der Waals surface area contributed by atoms with Gasteiger partial charge >= 0.3 is 12.4 Å². The average Bonchev–Trinajstić information content (AvgIpc) is 3.72. The number of anilines is 1. The Bertz CT molecular complexity index is 1830. The molecule has 0 aliphatic carbocycles. The number of fused-ring (bicyclic) bond motifs is 2. The van der Waals surface area contributed by atoms with Gasteiger partial charge in [-0.3, -0.25) is 10.00 Å². The van der Waals surface area contributed by atoms with Crippen molar-refractivity contribution < 1.29 is 26.3 Å². The van der Waals surface area contributed by atoms with Crippen LogP contribution in [0.3, 0.4) is 0 Å². The predicted molar refractivity (Wildman–Crippen MR) is 153 cm³/mol. The van der Waals surface area contributed by atoms with Gasteiger partial charge < -0.3 is 9.88 Å². The van der Waals surface area contributed by atoms with Gasteiger partial charge in [0.25, 0.3) is 0 Å². The molecule has 230 valence electrons. The Kier molecular flexibility index (Phi) is 7.75. The smallest absolute Gasteiger partial charge is 0.365 e. The van der Waals surface area contributed by atoms with Crippen LogP contribution in [0.4, 0.5) is 32.2 Å². The van der Waals surface area contributed by atoms with Crippen molar-refractivity contribution in [2.75, 3.05) is 18.4 Å². The van der Waals surface area contributed by atoms with Gasteiger partial charge in [-0.1, -0.05) is 6.07 Å². The molecule has 4 aromatic heterocycles. The van der Waals surface area contributed by atoms with E-state index in [1.807, 2.05) is 34.6 Å². The molecule has 1 saturated heterocycles. The highest BCUT2D eigenvalue weighted by molar-refractivity contribution is 7.18. The number of hydrogen-bond acceptors (Lipinski definition) is 7. The Morgan fingerprint density at radius 2 is 1.89 bits per heavy atom. The molecule has 0 bridgehead atoms. The van der Waals surface area contributed by atoms with Crippen LogP contribution in [0.2, 0.25) is 0 Å². The molecule has 1 fully saturated rings. The average molecular weight is 633 g/mol. The Hall–Kier alpha value is -4.16. The second-order valence-corrected chi connectivity index (χ2v) is 12.2. The fourth-order valence-corrected chi connectivity index (χ4v) is 7.01. The number of aromatic amines is 1. The first-order valence-electron chi connectivity index (χ1n) is 13.7. The lowest BCUT2D eigenvalue weighted by Gasteiger charge is -2.21. The molecule has 0 amide bonds. The van der Waals surface area contributed by atoms with E-state index in [1.165, 1.54) is 12.4 Å². The first-order valence-corrected chi connectivity index (χ1v) is 14.5. The van der Waals surface area contributed by atoms with Crippen LogP contribution in [-0.2, 0) is 19.5 Å². The number of hydrogen-bond donors (Lipinski definition) is 2. The monoisotopic (exact) mass is 632 g/mol. The fraction of sp³-hybridized carbons (Fsp3) is 0.379. The zero-order chi connectivity index (χ0) is 31.2. The molecule has 1 aliphatic rings. The minimum absolute atomic E-state index is 0.0555. The number of aryl methyl sites for hydroxylation is 1. The van der Waals surface area contributed by atoms with Crippen LogP contribution in [0.5, 0.6) is 0 Å². The summed E-state index contributed by atoms with van der Waals surface area (Å²) in [6, 6.07) is 8.63. The maximum Gasteiger partial charge on any atom is 0.393 e. The van der Waals surface area contributed by atoms with Gasteiger partial charge in [0.15, 0.2) is 0 Å². The highest BCUT2D eigenvalue weighted by atomic mass is 32.1. The Labute approximate surface area is 251 Å². The van der Waals surface area contributed by atoms with E-state index >= 15 is 0 Å². The third kappa shape index (κ3) is 6.36. The molecule has 0 radical (unpaired) electrons. The molecule has 8 nitrogen and oxygen atoms in total. The van der Waals surface area contributed by atoms with Crippen molar-refractivity contribution in [1.29, 1.82) is 5.26 Å². The van der Waals surface area contributed by atoms with Gasteiger partial charge in [0.1, 0.15) is 28.7 Å². The molecule has 0 spiro atoms. The summed E-state index contributed by atoms with van der Waals surface area (Å²) < 4.78 is 81.7. The number of halogens is 6. The number of H-pyrrole nitrogens is 1. The van der Waals surface area contributed by atoms with E-state index in [2.05, 4.69) is 31.6 Å². The number of nitrogens with zero attached hydrogens (tertiary/aromatic N) is 6. The lowest BCUT2D eigenvalue weighted by atomic mass is 9.99. The summed E-state index contributed by atoms with van der Waals surface area (Å²) in [6.07, 6.45) is -6.27. The van der Waals surface area contributed by atoms with Crippen molar-refractivity contribution in [3.05, 3.63) is 70.2 Å². The largest absolute Gasteiger partial charge is 0.393 e. The first kappa shape index (κ1) is 29.9. The van der Waals surface area contributed by atoms with E-state index in [0.717, 1.165) is 38.9 Å². The lowest BCUT2D eigenvalue weighted by Crippen LogP contribution is -2.32. The molecule has 6 rings (SSSR count). The van der Waals surface area contributed by atoms with Crippen molar-refractivity contribution in [3.63, 3.8) is 0 Å². The summed E-state index contributed by atoms with van der Waals surface area (Å²) in [4.78, 5) is 10.6. The predicted octanol–water partition coefficient (Wildman–Crippen LogP) is 6.57. The molecule has 5 heterocycles. The first-order chi connectivity index (χ1) is 20.9. The maximum atomic E-state index is 13.6. The standard InChI is InChI=1S/C29H26F6N8S/c1-16-18(2-3-25-22(16)4-20(8-36)43(25)11-17-9-39-40-10-17)12-42-13-19(6-28(30,31)32)24(14-42)41-26-23-5-21(7-29(33,34)35)44-27(23)38-15-37-26/h2-5,9-10,15,19,24H,6-7,11-14H2,1H3,(H,39,40)(H,37,38,41). The minimum Gasteiger partial charge on any atom is -0.365 e. The molecule has 44 heavy (non-hydrogen) atoms. The molecule has 1 aliphatic heterocycles. The van der Waals surface area contributed by atoms with Crippen molar-refractivity contribution in [1.82, 2.24) is 29.6 Å². The van der Waals surface area contributed by atoms with E-state index in [4.69, 9.17) is 0 Å². The summed E-state index contributed by atoms with van der Waals surface area (Å²) in [5.41, 5.74) is 4.12. The zero-order valence-electron chi connectivity index (χ0n) is 23.3. The number of alkyl halides is 6. The Morgan fingerprint density at radius 1 is 1.07 bits per heavy atom. The SMILES string of the molecule is Cc1c(CN2CC(CC(F)(F)F)C(Nc3ncnc4sc(CC(F)(F)F)cc34)C2)ccc2c1cc(C#N)n2Cc1cn[nH]c1. The Balaban J connectivity index is 1.25. The van der Waals surface area contributed by atoms with Gasteiger partial charge in [-0.15, -0.1) is 11.3 Å². The fourth-order valence-electron chi connectivity index (χ4n) is 5.98. The summed E-state index contributed by atoms with van der Waals surface area (Å²) in [5.74, 6) is -0.585. The molecule has 15 heteroatoms. The molecule has 2 unspecified atom stereocenters. The number of thiophene rings is 1. The molecule has 0 saturated carbocycles. The topological polar surface area (TPSA) is 98.5 Å². The molecule has 5 aromatic rings. The summed E-state index contributed by atoms with van der Waals surface area (Å²) in [7, 11) is 0. The summed E-state index contributed by atoms with van der Waals surface area (Å²) in [6.45, 7) is 3.21. The van der Waals surface area contributed by atoms with Crippen LogP contribution in [0.1, 0.15) is 33.7 Å². The van der Waals surface area contributed by atoms with Gasteiger partial charge in [0, 0.05) is 65.6 Å².